The van der Waals surface area contributed by atoms with Gasteiger partial charge < -0.3 is 0 Å². The molecule has 12 heavy (non-hydrogen) atoms. The van der Waals surface area contributed by atoms with Crippen LogP contribution in [0.2, 0.25) is 0 Å². The summed E-state index contributed by atoms with van der Waals surface area (Å²) in [5.41, 5.74) is 2.53. The van der Waals surface area contributed by atoms with E-state index >= 15 is 0 Å². The monoisotopic (exact) mass is 155 g/mol. The van der Waals surface area contributed by atoms with Crippen LogP contribution in [0.3, 0.4) is 0 Å². The van der Waals surface area contributed by atoms with E-state index in [0.717, 1.165) is 0 Å². The van der Waals surface area contributed by atoms with Crippen LogP contribution in [0.1, 0.15) is 11.1 Å². The second kappa shape index (κ2) is 2.63. The quantitative estimate of drug-likeness (QED) is 0.547. The van der Waals surface area contributed by atoms with Gasteiger partial charge in [0.1, 0.15) is 0 Å². The van der Waals surface area contributed by atoms with Crippen molar-refractivity contribution >= 4 is 10.8 Å². The van der Waals surface area contributed by atoms with Crippen molar-refractivity contribution < 1.29 is 0 Å². The van der Waals surface area contributed by atoms with Gasteiger partial charge in [-0.15, -0.1) is 0 Å². The molecule has 59 valence electrons. The van der Waals surface area contributed by atoms with E-state index in [9.17, 15) is 0 Å². The van der Waals surface area contributed by atoms with Crippen LogP contribution < -0.4 is 0 Å². The maximum atomic E-state index is 3.24. The Morgan fingerprint density at radius 2 is 1.67 bits per heavy atom. The molecule has 0 fully saturated rings. The minimum atomic E-state index is 1.23. The number of rotatable bonds is 0. The highest BCUT2D eigenvalue weighted by molar-refractivity contribution is 5.88. The SMILES string of the molecule is Cc1[c]cc(C)c2ccccc12. The van der Waals surface area contributed by atoms with E-state index in [1.54, 1.807) is 0 Å². The molecule has 0 amide bonds. The third kappa shape index (κ3) is 1.00. The molecule has 0 atom stereocenters. The predicted octanol–water partition coefficient (Wildman–Crippen LogP) is 3.26. The fourth-order valence-corrected chi connectivity index (χ4v) is 1.53. The number of fused-ring (bicyclic) bond motifs is 1. The smallest absolute Gasteiger partial charge is 0.0143 e. The van der Waals surface area contributed by atoms with Gasteiger partial charge in [-0.25, -0.2) is 0 Å². The van der Waals surface area contributed by atoms with Gasteiger partial charge in [0.15, 0.2) is 0 Å². The average Bonchev–Trinajstić information content (AvgIpc) is 2.12. The molecule has 0 heteroatoms. The Bertz CT molecular complexity index is 373. The number of hydrogen-bond acceptors (Lipinski definition) is 0. The van der Waals surface area contributed by atoms with Crippen LogP contribution in [-0.4, -0.2) is 0 Å². The van der Waals surface area contributed by atoms with E-state index < -0.39 is 0 Å². The first kappa shape index (κ1) is 7.35. The predicted molar refractivity (Wildman–Crippen MR) is 52.3 cm³/mol. The first-order valence-electron chi connectivity index (χ1n) is 4.15. The normalized spacial score (nSPS) is 10.5. The van der Waals surface area contributed by atoms with E-state index in [4.69, 9.17) is 0 Å². The molecule has 0 aliphatic heterocycles. The molecule has 0 unspecified atom stereocenters. The van der Waals surface area contributed by atoms with Crippen LogP contribution >= 0.6 is 0 Å². The maximum Gasteiger partial charge on any atom is -0.0143 e. The number of aryl methyl sites for hydroxylation is 2. The Morgan fingerprint density at radius 1 is 1.00 bits per heavy atom. The van der Waals surface area contributed by atoms with E-state index in [1.165, 1.54) is 21.9 Å². The lowest BCUT2D eigenvalue weighted by atomic mass is 10.0. The lowest BCUT2D eigenvalue weighted by Crippen LogP contribution is -1.81. The summed E-state index contributed by atoms with van der Waals surface area (Å²) in [6.07, 6.45) is 0. The van der Waals surface area contributed by atoms with Gasteiger partial charge in [0.2, 0.25) is 0 Å². The minimum Gasteiger partial charge on any atom is -0.0616 e. The molecule has 1 radical (unpaired) electrons. The highest BCUT2D eigenvalue weighted by Crippen LogP contribution is 2.20. The summed E-state index contributed by atoms with van der Waals surface area (Å²) < 4.78 is 0. The first-order valence-corrected chi connectivity index (χ1v) is 4.15. The van der Waals surface area contributed by atoms with Gasteiger partial charge in [-0.05, 0) is 41.8 Å². The van der Waals surface area contributed by atoms with E-state index in [2.05, 4.69) is 50.2 Å². The summed E-state index contributed by atoms with van der Waals surface area (Å²) in [5.74, 6) is 0. The van der Waals surface area contributed by atoms with Crippen LogP contribution in [0.15, 0.2) is 30.3 Å². The van der Waals surface area contributed by atoms with Crippen molar-refractivity contribution in [1.29, 1.82) is 0 Å². The van der Waals surface area contributed by atoms with Gasteiger partial charge in [-0.1, -0.05) is 30.3 Å². The van der Waals surface area contributed by atoms with Crippen molar-refractivity contribution in [3.8, 4) is 0 Å². The lowest BCUT2D eigenvalue weighted by molar-refractivity contribution is 1.45. The largest absolute Gasteiger partial charge is 0.0616 e. The summed E-state index contributed by atoms with van der Waals surface area (Å²) in [7, 11) is 0. The van der Waals surface area contributed by atoms with Gasteiger partial charge in [-0.2, -0.15) is 0 Å². The standard InChI is InChI=1S/C12H11/c1-9-7-8-10(2)12-6-4-3-5-11(9)12/h3-7H,1-2H3. The zero-order valence-corrected chi connectivity index (χ0v) is 7.39. The molecule has 0 aliphatic rings. The molecule has 2 aromatic rings. The Kier molecular flexibility index (Phi) is 1.61. The van der Waals surface area contributed by atoms with Gasteiger partial charge in [0.05, 0.1) is 0 Å². The fraction of sp³-hybridized carbons (Fsp3) is 0.167. The molecule has 2 aromatic carbocycles. The topological polar surface area (TPSA) is 0 Å². The zero-order chi connectivity index (χ0) is 8.55. The second-order valence-electron chi connectivity index (χ2n) is 3.14. The highest BCUT2D eigenvalue weighted by Gasteiger charge is 1.97. The zero-order valence-electron chi connectivity index (χ0n) is 7.39. The molecule has 0 bridgehead atoms. The highest BCUT2D eigenvalue weighted by atomic mass is 14.0. The van der Waals surface area contributed by atoms with Gasteiger partial charge in [0, 0.05) is 0 Å². The van der Waals surface area contributed by atoms with Crippen molar-refractivity contribution in [3.05, 3.63) is 47.5 Å². The molecular weight excluding hydrogens is 144 g/mol. The summed E-state index contributed by atoms with van der Waals surface area (Å²) >= 11 is 0. The molecule has 0 aliphatic carbocycles. The van der Waals surface area contributed by atoms with Gasteiger partial charge in [-0.3, -0.25) is 0 Å². The Morgan fingerprint density at radius 3 is 2.33 bits per heavy atom. The van der Waals surface area contributed by atoms with Crippen LogP contribution in [0.5, 0.6) is 0 Å². The molecule has 2 rings (SSSR count). The molecular formula is C12H11. The molecule has 0 heterocycles. The fourth-order valence-electron chi connectivity index (χ4n) is 1.53. The first-order chi connectivity index (χ1) is 5.79. The van der Waals surface area contributed by atoms with E-state index in [1.807, 2.05) is 0 Å². The van der Waals surface area contributed by atoms with Gasteiger partial charge >= 0.3 is 0 Å². The lowest BCUT2D eigenvalue weighted by Gasteiger charge is -2.03. The summed E-state index contributed by atoms with van der Waals surface area (Å²) in [6.45, 7) is 4.22. The summed E-state index contributed by atoms with van der Waals surface area (Å²) in [4.78, 5) is 0. The maximum absolute atomic E-state index is 3.24. The Balaban J connectivity index is 2.95. The van der Waals surface area contributed by atoms with E-state index in [0.29, 0.717) is 0 Å². The number of hydrogen-bond donors (Lipinski definition) is 0. The summed E-state index contributed by atoms with van der Waals surface area (Å²) in [5, 5.41) is 2.66. The second-order valence-corrected chi connectivity index (χ2v) is 3.14. The molecule has 0 nitrogen and oxygen atoms in total. The van der Waals surface area contributed by atoms with Crippen LogP contribution in [0.4, 0.5) is 0 Å². The molecule has 0 N–H and O–H groups in total. The van der Waals surface area contributed by atoms with Crippen molar-refractivity contribution in [2.24, 2.45) is 0 Å². The van der Waals surface area contributed by atoms with Crippen molar-refractivity contribution in [2.45, 2.75) is 13.8 Å². The third-order valence-electron chi connectivity index (χ3n) is 2.26. The Labute approximate surface area is 72.8 Å². The average molecular weight is 155 g/mol. The van der Waals surface area contributed by atoms with Gasteiger partial charge in [0.25, 0.3) is 0 Å². The van der Waals surface area contributed by atoms with E-state index in [-0.39, 0.29) is 0 Å². The summed E-state index contributed by atoms with van der Waals surface area (Å²) in [6, 6.07) is 13.8. The minimum absolute atomic E-state index is 1.23. The van der Waals surface area contributed by atoms with Crippen molar-refractivity contribution in [1.82, 2.24) is 0 Å². The van der Waals surface area contributed by atoms with Crippen LogP contribution in [0.25, 0.3) is 10.8 Å². The van der Waals surface area contributed by atoms with Crippen LogP contribution in [0, 0.1) is 19.9 Å². The molecule has 0 saturated carbocycles. The Hall–Kier alpha value is -1.30. The van der Waals surface area contributed by atoms with Crippen molar-refractivity contribution in [3.63, 3.8) is 0 Å². The number of benzene rings is 2. The van der Waals surface area contributed by atoms with Crippen molar-refractivity contribution in [2.75, 3.05) is 0 Å². The third-order valence-corrected chi connectivity index (χ3v) is 2.26. The van der Waals surface area contributed by atoms with Crippen LogP contribution in [-0.2, 0) is 0 Å². The molecule has 0 spiro atoms. The molecule has 0 aromatic heterocycles. The molecule has 0 saturated heterocycles.